The molecule has 0 bridgehead atoms. The van der Waals surface area contributed by atoms with Crippen molar-refractivity contribution in [2.24, 2.45) is 11.3 Å². The molecule has 1 heterocycles. The third-order valence-electron chi connectivity index (χ3n) is 3.20. The van der Waals surface area contributed by atoms with Gasteiger partial charge in [-0.05, 0) is 31.6 Å². The smallest absolute Gasteiger partial charge is 0.0581 e. The van der Waals surface area contributed by atoms with E-state index in [0.717, 1.165) is 0 Å². The zero-order valence-corrected chi connectivity index (χ0v) is 8.35. The van der Waals surface area contributed by atoms with E-state index in [4.69, 9.17) is 4.74 Å². The summed E-state index contributed by atoms with van der Waals surface area (Å²) in [6, 6.07) is 0. The first-order valence-corrected chi connectivity index (χ1v) is 4.59. The van der Waals surface area contributed by atoms with Crippen LogP contribution in [0.15, 0.2) is 0 Å². The van der Waals surface area contributed by atoms with Crippen LogP contribution >= 0.6 is 0 Å². The monoisotopic (exact) mass is 156 g/mol. The predicted octanol–water partition coefficient (Wildman–Crippen LogP) is 2.85. The Hall–Kier alpha value is -0.0400. The third-order valence-corrected chi connectivity index (χ3v) is 3.20. The van der Waals surface area contributed by atoms with Crippen LogP contribution < -0.4 is 0 Å². The lowest BCUT2D eigenvalue weighted by atomic mass is 9.71. The molecule has 1 heteroatoms. The molecule has 1 rings (SSSR count). The Kier molecular flexibility index (Phi) is 2.29. The highest BCUT2D eigenvalue weighted by Crippen LogP contribution is 2.40. The minimum absolute atomic E-state index is 0.425. The molecule has 0 N–H and O–H groups in total. The fraction of sp³-hybridized carbons (Fsp3) is 1.00. The molecule has 0 spiro atoms. The summed E-state index contributed by atoms with van der Waals surface area (Å²) in [7, 11) is 0. The molecule has 1 aliphatic rings. The maximum atomic E-state index is 5.73. The minimum atomic E-state index is 0.425. The van der Waals surface area contributed by atoms with Gasteiger partial charge in [0.2, 0.25) is 0 Å². The van der Waals surface area contributed by atoms with E-state index in [9.17, 15) is 0 Å². The van der Waals surface area contributed by atoms with E-state index in [1.54, 1.807) is 0 Å². The molecule has 0 aliphatic carbocycles. The molecule has 1 unspecified atom stereocenters. The quantitative estimate of drug-likeness (QED) is 0.524. The van der Waals surface area contributed by atoms with E-state index in [-0.39, 0.29) is 0 Å². The van der Waals surface area contributed by atoms with Gasteiger partial charge in [-0.1, -0.05) is 20.8 Å². The van der Waals surface area contributed by atoms with Crippen LogP contribution in [0.25, 0.3) is 0 Å². The zero-order valence-electron chi connectivity index (χ0n) is 8.35. The lowest BCUT2D eigenvalue weighted by Crippen LogP contribution is -2.42. The van der Waals surface area contributed by atoms with Crippen molar-refractivity contribution in [3.8, 4) is 0 Å². The molecular formula is C10H20O. The van der Waals surface area contributed by atoms with Gasteiger partial charge in [-0.3, -0.25) is 0 Å². The highest BCUT2D eigenvalue weighted by molar-refractivity contribution is 4.85. The average molecular weight is 156 g/mol. The van der Waals surface area contributed by atoms with Gasteiger partial charge in [0.15, 0.2) is 0 Å². The highest BCUT2D eigenvalue weighted by Gasteiger charge is 2.37. The first-order valence-electron chi connectivity index (χ1n) is 4.59. The molecule has 1 aliphatic heterocycles. The van der Waals surface area contributed by atoms with E-state index in [0.29, 0.717) is 23.5 Å². The van der Waals surface area contributed by atoms with Gasteiger partial charge in [0.05, 0.1) is 12.2 Å². The number of hydrogen-bond donors (Lipinski definition) is 0. The molecule has 1 nitrogen and oxygen atoms in total. The van der Waals surface area contributed by atoms with Gasteiger partial charge < -0.3 is 4.74 Å². The van der Waals surface area contributed by atoms with Crippen LogP contribution in [0.1, 0.15) is 41.0 Å². The van der Waals surface area contributed by atoms with E-state index >= 15 is 0 Å². The van der Waals surface area contributed by atoms with Crippen molar-refractivity contribution in [3.05, 3.63) is 0 Å². The Balaban J connectivity index is 2.67. The van der Waals surface area contributed by atoms with Gasteiger partial charge in [-0.2, -0.15) is 0 Å². The van der Waals surface area contributed by atoms with Crippen molar-refractivity contribution in [1.29, 1.82) is 0 Å². The largest absolute Gasteiger partial charge is 0.375 e. The molecule has 66 valence electrons. The van der Waals surface area contributed by atoms with Crippen molar-refractivity contribution in [2.75, 3.05) is 0 Å². The number of ether oxygens (including phenoxy) is 1. The fourth-order valence-corrected chi connectivity index (χ4v) is 2.09. The summed E-state index contributed by atoms with van der Waals surface area (Å²) in [6.07, 6.45) is 2.06. The third kappa shape index (κ3) is 1.76. The van der Waals surface area contributed by atoms with Crippen LogP contribution in [0.3, 0.4) is 0 Å². The Labute approximate surface area is 70.1 Å². The summed E-state index contributed by atoms with van der Waals surface area (Å²) in [5.41, 5.74) is 0.455. The van der Waals surface area contributed by atoms with E-state index in [1.807, 2.05) is 0 Å². The Morgan fingerprint density at radius 1 is 1.18 bits per heavy atom. The van der Waals surface area contributed by atoms with E-state index < -0.39 is 0 Å². The van der Waals surface area contributed by atoms with Crippen LogP contribution in [0.5, 0.6) is 0 Å². The van der Waals surface area contributed by atoms with Gasteiger partial charge in [-0.15, -0.1) is 0 Å². The average Bonchev–Trinajstić information content (AvgIpc) is 1.81. The molecular weight excluding hydrogens is 136 g/mol. The van der Waals surface area contributed by atoms with Crippen molar-refractivity contribution in [3.63, 3.8) is 0 Å². The molecule has 0 amide bonds. The van der Waals surface area contributed by atoms with Crippen molar-refractivity contribution < 1.29 is 4.74 Å². The van der Waals surface area contributed by atoms with Crippen molar-refractivity contribution in [2.45, 2.75) is 53.2 Å². The van der Waals surface area contributed by atoms with Crippen LogP contribution in [0, 0.1) is 11.3 Å². The van der Waals surface area contributed by atoms with Crippen LogP contribution in [-0.2, 0) is 4.74 Å². The first-order chi connectivity index (χ1) is 4.93. The van der Waals surface area contributed by atoms with E-state index in [2.05, 4.69) is 34.6 Å². The normalized spacial score (nSPS) is 43.9. The fourth-order valence-electron chi connectivity index (χ4n) is 2.09. The molecule has 11 heavy (non-hydrogen) atoms. The summed E-state index contributed by atoms with van der Waals surface area (Å²) in [6.45, 7) is 11.3. The van der Waals surface area contributed by atoms with Crippen LogP contribution in [0.4, 0.5) is 0 Å². The second-order valence-electron chi connectivity index (χ2n) is 4.63. The van der Waals surface area contributed by atoms with Gasteiger partial charge in [0.25, 0.3) is 0 Å². The molecule has 0 aromatic rings. The van der Waals surface area contributed by atoms with Gasteiger partial charge in [0, 0.05) is 0 Å². The zero-order chi connectivity index (χ0) is 8.65. The standard InChI is InChI=1S/C10H20O/c1-7-6-10(4,5)8(2)9(3)11-7/h7-9H,6H2,1-5H3/t7?,8-,9-/m0/s1. The molecule has 0 radical (unpaired) electrons. The van der Waals surface area contributed by atoms with Crippen LogP contribution in [-0.4, -0.2) is 12.2 Å². The molecule has 3 atom stereocenters. The Morgan fingerprint density at radius 2 is 1.73 bits per heavy atom. The van der Waals surface area contributed by atoms with Crippen molar-refractivity contribution >= 4 is 0 Å². The molecule has 0 saturated carbocycles. The summed E-state index contributed by atoms with van der Waals surface area (Å²) >= 11 is 0. The molecule has 0 aromatic heterocycles. The Morgan fingerprint density at radius 3 is 2.18 bits per heavy atom. The number of rotatable bonds is 0. The second kappa shape index (κ2) is 2.78. The predicted molar refractivity (Wildman–Crippen MR) is 47.6 cm³/mol. The van der Waals surface area contributed by atoms with Crippen LogP contribution in [0.2, 0.25) is 0 Å². The summed E-state index contributed by atoms with van der Waals surface area (Å²) < 4.78 is 5.73. The van der Waals surface area contributed by atoms with Gasteiger partial charge in [-0.25, -0.2) is 0 Å². The first kappa shape index (κ1) is 9.05. The lowest BCUT2D eigenvalue weighted by molar-refractivity contribution is -0.115. The SMILES string of the molecule is CC1CC(C)(C)[C@@H](C)[C@H](C)O1. The maximum absolute atomic E-state index is 5.73. The topological polar surface area (TPSA) is 9.23 Å². The Bertz CT molecular complexity index is 140. The van der Waals surface area contributed by atoms with E-state index in [1.165, 1.54) is 6.42 Å². The van der Waals surface area contributed by atoms with Gasteiger partial charge in [0.1, 0.15) is 0 Å². The lowest BCUT2D eigenvalue weighted by Gasteiger charge is -2.43. The molecule has 1 saturated heterocycles. The molecule has 0 aromatic carbocycles. The maximum Gasteiger partial charge on any atom is 0.0581 e. The molecule has 1 fully saturated rings. The van der Waals surface area contributed by atoms with Crippen molar-refractivity contribution in [1.82, 2.24) is 0 Å². The van der Waals surface area contributed by atoms with Gasteiger partial charge >= 0.3 is 0 Å². The summed E-state index contributed by atoms with van der Waals surface area (Å²) in [5.74, 6) is 0.679. The highest BCUT2D eigenvalue weighted by atomic mass is 16.5. The summed E-state index contributed by atoms with van der Waals surface area (Å²) in [4.78, 5) is 0. The minimum Gasteiger partial charge on any atom is -0.375 e. The second-order valence-corrected chi connectivity index (χ2v) is 4.63. The summed E-state index contributed by atoms with van der Waals surface area (Å²) in [5, 5.41) is 0. The number of hydrogen-bond acceptors (Lipinski definition) is 1.